The second-order valence-electron chi connectivity index (χ2n) is 1.75. The molecule has 11 heavy (non-hydrogen) atoms. The van der Waals surface area contributed by atoms with Crippen molar-refractivity contribution in [2.75, 3.05) is 13.7 Å². The number of carbonyl (C=O) groups excluding carboxylic acids is 2. The zero-order chi connectivity index (χ0) is 8.85. The van der Waals surface area contributed by atoms with E-state index in [1.807, 2.05) is 0 Å². The molecule has 0 aliphatic rings. The third-order valence-electron chi connectivity index (χ3n) is 0.931. The summed E-state index contributed by atoms with van der Waals surface area (Å²) in [5.74, 6) is -1.32. The van der Waals surface area contributed by atoms with E-state index < -0.39 is 5.91 Å². The fourth-order valence-electron chi connectivity index (χ4n) is 0.296. The lowest BCUT2D eigenvalue weighted by molar-refractivity contribution is -0.125. The highest BCUT2D eigenvalue weighted by atomic mass is 16.5. The minimum absolute atomic E-state index is 0.214. The van der Waals surface area contributed by atoms with Crippen molar-refractivity contribution in [3.8, 4) is 0 Å². The first-order chi connectivity index (χ1) is 5.07. The third-order valence-corrected chi connectivity index (χ3v) is 0.931. The van der Waals surface area contributed by atoms with Crippen LogP contribution in [0, 0.1) is 0 Å². The number of likely N-dealkylation sites (N-methyl/N-ethyl adjacent to an activating group) is 1. The Morgan fingerprint density at radius 2 is 2.18 bits per heavy atom. The van der Waals surface area contributed by atoms with Gasteiger partial charge in [0.2, 0.25) is 0 Å². The molecule has 0 bridgehead atoms. The molecule has 0 aliphatic carbocycles. The number of hydrogen-bond acceptors (Lipinski definition) is 3. The fraction of sp³-hybridized carbons (Fsp3) is 0.333. The van der Waals surface area contributed by atoms with Gasteiger partial charge in [0, 0.05) is 7.05 Å². The lowest BCUT2D eigenvalue weighted by Crippen LogP contribution is -2.25. The van der Waals surface area contributed by atoms with Crippen molar-refractivity contribution in [3.05, 3.63) is 12.3 Å². The summed E-state index contributed by atoms with van der Waals surface area (Å²) >= 11 is 0. The van der Waals surface area contributed by atoms with Gasteiger partial charge in [0.25, 0.3) is 11.8 Å². The number of amides is 2. The summed E-state index contributed by atoms with van der Waals surface area (Å²) in [5, 5.41) is 2.30. The Balaban J connectivity index is 3.63. The molecule has 0 aromatic heterocycles. The van der Waals surface area contributed by atoms with Crippen LogP contribution in [0.3, 0.4) is 0 Å². The average Bonchev–Trinajstić information content (AvgIpc) is 1.99. The maximum atomic E-state index is 10.5. The highest BCUT2D eigenvalue weighted by Crippen LogP contribution is 1.89. The quantitative estimate of drug-likeness (QED) is 0.396. The van der Waals surface area contributed by atoms with E-state index in [9.17, 15) is 9.59 Å². The van der Waals surface area contributed by atoms with Crippen molar-refractivity contribution < 1.29 is 14.3 Å². The summed E-state index contributed by atoms with van der Waals surface area (Å²) in [5.41, 5.74) is 4.77. The second kappa shape index (κ2) is 4.32. The van der Waals surface area contributed by atoms with Crippen LogP contribution in [0.5, 0.6) is 0 Å². The van der Waals surface area contributed by atoms with Crippen molar-refractivity contribution in [3.63, 3.8) is 0 Å². The molecule has 0 fully saturated rings. The van der Waals surface area contributed by atoms with E-state index in [0.717, 1.165) is 0 Å². The SMILES string of the molecule is C=C(OCC(=O)NC)C(N)=O. The molecule has 5 nitrogen and oxygen atoms in total. The molecule has 2 amide bonds. The third kappa shape index (κ3) is 3.96. The van der Waals surface area contributed by atoms with E-state index >= 15 is 0 Å². The van der Waals surface area contributed by atoms with Gasteiger partial charge in [-0.05, 0) is 0 Å². The maximum absolute atomic E-state index is 10.5. The highest BCUT2D eigenvalue weighted by Gasteiger charge is 2.04. The second-order valence-corrected chi connectivity index (χ2v) is 1.75. The van der Waals surface area contributed by atoms with E-state index in [1.165, 1.54) is 7.05 Å². The van der Waals surface area contributed by atoms with E-state index in [4.69, 9.17) is 5.73 Å². The van der Waals surface area contributed by atoms with Crippen LogP contribution in [-0.4, -0.2) is 25.5 Å². The molecule has 0 spiro atoms. The summed E-state index contributed by atoms with van der Waals surface area (Å²) in [6.45, 7) is 2.95. The predicted octanol–water partition coefficient (Wildman–Crippen LogP) is -1.25. The Morgan fingerprint density at radius 1 is 1.64 bits per heavy atom. The average molecular weight is 158 g/mol. The van der Waals surface area contributed by atoms with Crippen LogP contribution in [0.25, 0.3) is 0 Å². The van der Waals surface area contributed by atoms with E-state index in [0.29, 0.717) is 0 Å². The number of primary amides is 1. The topological polar surface area (TPSA) is 81.4 Å². The smallest absolute Gasteiger partial charge is 0.283 e. The van der Waals surface area contributed by atoms with Crippen molar-refractivity contribution in [2.45, 2.75) is 0 Å². The molecule has 0 aliphatic heterocycles. The van der Waals surface area contributed by atoms with Gasteiger partial charge in [-0.2, -0.15) is 0 Å². The van der Waals surface area contributed by atoms with Gasteiger partial charge in [-0.25, -0.2) is 0 Å². The number of hydrogen-bond donors (Lipinski definition) is 2. The fourth-order valence-corrected chi connectivity index (χ4v) is 0.296. The molecule has 0 rings (SSSR count). The summed E-state index contributed by atoms with van der Waals surface area (Å²) in [6, 6.07) is 0. The van der Waals surface area contributed by atoms with Gasteiger partial charge in [0.15, 0.2) is 12.4 Å². The number of nitrogens with one attached hydrogen (secondary N) is 1. The Hall–Kier alpha value is -1.52. The first kappa shape index (κ1) is 9.48. The molecule has 0 unspecified atom stereocenters. The molecule has 5 heteroatoms. The molecule has 0 aromatic carbocycles. The predicted molar refractivity (Wildman–Crippen MR) is 38.4 cm³/mol. The lowest BCUT2D eigenvalue weighted by Gasteiger charge is -2.03. The molecule has 0 radical (unpaired) electrons. The summed E-state index contributed by atoms with van der Waals surface area (Å²) < 4.78 is 4.58. The van der Waals surface area contributed by atoms with E-state index in [-0.39, 0.29) is 18.3 Å². The Bertz CT molecular complexity index is 188. The summed E-state index contributed by atoms with van der Waals surface area (Å²) in [7, 11) is 1.46. The number of nitrogens with two attached hydrogens (primary N) is 1. The van der Waals surface area contributed by atoms with Crippen LogP contribution in [-0.2, 0) is 14.3 Å². The minimum atomic E-state index is -0.770. The van der Waals surface area contributed by atoms with Gasteiger partial charge in [0.05, 0.1) is 0 Å². The van der Waals surface area contributed by atoms with Crippen LogP contribution in [0.15, 0.2) is 12.3 Å². The van der Waals surface area contributed by atoms with Crippen molar-refractivity contribution in [1.82, 2.24) is 5.32 Å². The maximum Gasteiger partial charge on any atom is 0.283 e. The monoisotopic (exact) mass is 158 g/mol. The highest BCUT2D eigenvalue weighted by molar-refractivity contribution is 5.89. The van der Waals surface area contributed by atoms with Crippen LogP contribution in [0.2, 0.25) is 0 Å². The molecule has 0 heterocycles. The van der Waals surface area contributed by atoms with Gasteiger partial charge in [0.1, 0.15) is 0 Å². The zero-order valence-corrected chi connectivity index (χ0v) is 6.22. The van der Waals surface area contributed by atoms with Gasteiger partial charge >= 0.3 is 0 Å². The van der Waals surface area contributed by atoms with Gasteiger partial charge in [-0.3, -0.25) is 9.59 Å². The van der Waals surface area contributed by atoms with Crippen molar-refractivity contribution >= 4 is 11.8 Å². The number of rotatable bonds is 4. The molecular formula is C6H10N2O3. The molecule has 0 atom stereocenters. The minimum Gasteiger partial charge on any atom is -0.479 e. The molecule has 3 N–H and O–H groups in total. The first-order valence-electron chi connectivity index (χ1n) is 2.90. The Kier molecular flexibility index (Phi) is 3.72. The summed E-state index contributed by atoms with van der Waals surface area (Å²) in [4.78, 5) is 20.8. The largest absolute Gasteiger partial charge is 0.479 e. The molecular weight excluding hydrogens is 148 g/mol. The van der Waals surface area contributed by atoms with Crippen LogP contribution >= 0.6 is 0 Å². The molecule has 0 saturated heterocycles. The molecule has 0 saturated carbocycles. The lowest BCUT2D eigenvalue weighted by atomic mass is 10.5. The zero-order valence-electron chi connectivity index (χ0n) is 6.22. The van der Waals surface area contributed by atoms with Crippen molar-refractivity contribution in [2.24, 2.45) is 5.73 Å². The first-order valence-corrected chi connectivity index (χ1v) is 2.90. The normalized spacial score (nSPS) is 8.45. The Morgan fingerprint density at radius 3 is 2.55 bits per heavy atom. The molecule has 0 aromatic rings. The van der Waals surface area contributed by atoms with E-state index in [1.54, 1.807) is 0 Å². The number of carbonyl (C=O) groups is 2. The van der Waals surface area contributed by atoms with Crippen LogP contribution in [0.4, 0.5) is 0 Å². The van der Waals surface area contributed by atoms with Crippen molar-refractivity contribution in [1.29, 1.82) is 0 Å². The van der Waals surface area contributed by atoms with Gasteiger partial charge in [-0.1, -0.05) is 6.58 Å². The van der Waals surface area contributed by atoms with Crippen LogP contribution in [0.1, 0.15) is 0 Å². The summed E-state index contributed by atoms with van der Waals surface area (Å²) in [6.07, 6.45) is 0. The van der Waals surface area contributed by atoms with Gasteiger partial charge in [-0.15, -0.1) is 0 Å². The van der Waals surface area contributed by atoms with Gasteiger partial charge < -0.3 is 15.8 Å². The standard InChI is InChI=1S/C6H10N2O3/c1-4(6(7)10)11-3-5(9)8-2/h1,3H2,2H3,(H2,7,10)(H,8,9). The molecule has 62 valence electrons. The van der Waals surface area contributed by atoms with E-state index in [2.05, 4.69) is 16.6 Å². The Labute approximate surface area is 64.2 Å². The number of ether oxygens (including phenoxy) is 1. The van der Waals surface area contributed by atoms with Crippen LogP contribution < -0.4 is 11.1 Å².